The average molecular weight is 307 g/mol. The average Bonchev–Trinajstić information content (AvgIpc) is 2.77. The third-order valence-corrected chi connectivity index (χ3v) is 3.76. The van der Waals surface area contributed by atoms with Crippen molar-refractivity contribution in [1.82, 2.24) is 14.7 Å². The summed E-state index contributed by atoms with van der Waals surface area (Å²) >= 11 is 6.18. The molecule has 0 aliphatic carbocycles. The molecule has 112 valence electrons. The highest BCUT2D eigenvalue weighted by Gasteiger charge is 2.11. The number of aromatic nitrogens is 2. The number of hydrogen-bond donors (Lipinski definition) is 1. The molecular weight excluding hydrogens is 288 g/mol. The van der Waals surface area contributed by atoms with E-state index in [1.165, 1.54) is 4.90 Å². The summed E-state index contributed by atoms with van der Waals surface area (Å²) in [7, 11) is 5.36. The molecule has 0 saturated heterocycles. The smallest absolute Gasteiger partial charge is 0.253 e. The molecule has 0 aliphatic rings. The Morgan fingerprint density at radius 3 is 2.71 bits per heavy atom. The van der Waals surface area contributed by atoms with Gasteiger partial charge in [-0.3, -0.25) is 9.48 Å². The van der Waals surface area contributed by atoms with Gasteiger partial charge in [0.1, 0.15) is 0 Å². The van der Waals surface area contributed by atoms with Gasteiger partial charge in [0.2, 0.25) is 0 Å². The largest absolute Gasteiger partial charge is 0.380 e. The molecule has 1 N–H and O–H groups in total. The Morgan fingerprint density at radius 1 is 1.43 bits per heavy atom. The van der Waals surface area contributed by atoms with E-state index >= 15 is 0 Å². The lowest BCUT2D eigenvalue weighted by molar-refractivity contribution is 0.0827. The fraction of sp³-hybridized carbons (Fsp3) is 0.333. The molecule has 1 aromatic carbocycles. The zero-order valence-corrected chi connectivity index (χ0v) is 13.4. The van der Waals surface area contributed by atoms with Gasteiger partial charge in [-0.15, -0.1) is 0 Å². The minimum Gasteiger partial charge on any atom is -0.380 e. The highest BCUT2D eigenvalue weighted by Crippen LogP contribution is 2.24. The maximum Gasteiger partial charge on any atom is 0.253 e. The van der Waals surface area contributed by atoms with Crippen LogP contribution in [0, 0.1) is 6.92 Å². The van der Waals surface area contributed by atoms with Crippen LogP contribution in [0.25, 0.3) is 0 Å². The molecule has 0 spiro atoms. The Morgan fingerprint density at radius 2 is 2.14 bits per heavy atom. The number of amides is 1. The number of hydrogen-bond acceptors (Lipinski definition) is 3. The number of nitrogens with zero attached hydrogens (tertiary/aromatic N) is 3. The van der Waals surface area contributed by atoms with Gasteiger partial charge in [-0.1, -0.05) is 11.6 Å². The number of rotatable bonds is 4. The molecule has 1 amide bonds. The van der Waals surface area contributed by atoms with Crippen LogP contribution in [0.15, 0.2) is 24.4 Å². The maximum atomic E-state index is 12.0. The van der Waals surface area contributed by atoms with E-state index in [9.17, 15) is 4.79 Å². The van der Waals surface area contributed by atoms with Crippen molar-refractivity contribution in [3.63, 3.8) is 0 Å². The molecule has 1 aromatic heterocycles. The zero-order chi connectivity index (χ0) is 15.6. The second kappa shape index (κ2) is 6.18. The van der Waals surface area contributed by atoms with E-state index < -0.39 is 0 Å². The topological polar surface area (TPSA) is 50.2 Å². The molecule has 2 rings (SSSR count). The van der Waals surface area contributed by atoms with E-state index in [4.69, 9.17) is 11.6 Å². The summed E-state index contributed by atoms with van der Waals surface area (Å²) in [6.45, 7) is 2.62. The van der Waals surface area contributed by atoms with Crippen LogP contribution in [0.1, 0.15) is 21.6 Å². The third-order valence-electron chi connectivity index (χ3n) is 3.43. The van der Waals surface area contributed by atoms with Crippen LogP contribution in [0.2, 0.25) is 5.02 Å². The highest BCUT2D eigenvalue weighted by atomic mass is 35.5. The highest BCUT2D eigenvalue weighted by molar-refractivity contribution is 6.33. The van der Waals surface area contributed by atoms with Crippen molar-refractivity contribution in [1.29, 1.82) is 0 Å². The SMILES string of the molecule is Cc1c(CNc2cc(C(=O)N(C)C)ccc2Cl)cnn1C. The maximum absolute atomic E-state index is 12.0. The molecule has 0 atom stereocenters. The van der Waals surface area contributed by atoms with Crippen molar-refractivity contribution in [2.24, 2.45) is 7.05 Å². The second-order valence-electron chi connectivity index (χ2n) is 5.13. The van der Waals surface area contributed by atoms with Crippen LogP contribution in [-0.2, 0) is 13.6 Å². The lowest BCUT2D eigenvalue weighted by Gasteiger charge is -2.13. The number of halogens is 1. The van der Waals surface area contributed by atoms with Crippen LogP contribution >= 0.6 is 11.6 Å². The lowest BCUT2D eigenvalue weighted by atomic mass is 10.1. The molecule has 0 unspecified atom stereocenters. The van der Waals surface area contributed by atoms with Gasteiger partial charge in [0.15, 0.2) is 0 Å². The van der Waals surface area contributed by atoms with E-state index in [2.05, 4.69) is 10.4 Å². The van der Waals surface area contributed by atoms with E-state index in [1.54, 1.807) is 32.3 Å². The fourth-order valence-electron chi connectivity index (χ4n) is 1.96. The molecule has 0 bridgehead atoms. The number of benzene rings is 1. The Bertz CT molecular complexity index is 664. The number of nitrogens with one attached hydrogen (secondary N) is 1. The summed E-state index contributed by atoms with van der Waals surface area (Å²) in [6, 6.07) is 5.23. The molecule has 0 saturated carbocycles. The number of anilines is 1. The molecule has 1 heterocycles. The van der Waals surface area contributed by atoms with E-state index in [1.807, 2.05) is 24.9 Å². The predicted molar refractivity (Wildman–Crippen MR) is 84.7 cm³/mol. The van der Waals surface area contributed by atoms with Crippen LogP contribution in [-0.4, -0.2) is 34.7 Å². The van der Waals surface area contributed by atoms with E-state index in [-0.39, 0.29) is 5.91 Å². The standard InChI is InChI=1S/C15H19ClN4O/c1-10-12(9-18-20(10)4)8-17-14-7-11(5-6-13(14)16)15(21)19(2)3/h5-7,9,17H,8H2,1-4H3. The minimum absolute atomic E-state index is 0.0488. The van der Waals surface area contributed by atoms with Gasteiger partial charge < -0.3 is 10.2 Å². The van der Waals surface area contributed by atoms with E-state index in [0.29, 0.717) is 17.1 Å². The molecule has 0 radical (unpaired) electrons. The fourth-order valence-corrected chi connectivity index (χ4v) is 2.14. The molecule has 2 aromatic rings. The molecule has 21 heavy (non-hydrogen) atoms. The summed E-state index contributed by atoms with van der Waals surface area (Å²) in [5.41, 5.74) is 3.54. The van der Waals surface area contributed by atoms with Gasteiger partial charge in [0, 0.05) is 44.5 Å². The van der Waals surface area contributed by atoms with Crippen molar-refractivity contribution in [3.8, 4) is 0 Å². The Labute approximate surface area is 129 Å². The summed E-state index contributed by atoms with van der Waals surface area (Å²) in [6.07, 6.45) is 1.82. The first-order valence-corrected chi connectivity index (χ1v) is 7.00. The van der Waals surface area contributed by atoms with Gasteiger partial charge in [0.05, 0.1) is 16.9 Å². The Balaban J connectivity index is 2.18. The summed E-state index contributed by atoms with van der Waals surface area (Å²) in [5.74, 6) is -0.0488. The van der Waals surface area contributed by atoms with Crippen LogP contribution in [0.3, 0.4) is 0 Å². The van der Waals surface area contributed by atoms with Crippen molar-refractivity contribution in [2.75, 3.05) is 19.4 Å². The first-order valence-electron chi connectivity index (χ1n) is 6.62. The van der Waals surface area contributed by atoms with Crippen LogP contribution in [0.5, 0.6) is 0 Å². The normalized spacial score (nSPS) is 10.5. The molecule has 0 fully saturated rings. The zero-order valence-electron chi connectivity index (χ0n) is 12.6. The minimum atomic E-state index is -0.0488. The number of carbonyl (C=O) groups is 1. The van der Waals surface area contributed by atoms with Crippen molar-refractivity contribution in [3.05, 3.63) is 46.2 Å². The summed E-state index contributed by atoms with van der Waals surface area (Å²) in [4.78, 5) is 13.5. The van der Waals surface area contributed by atoms with E-state index in [0.717, 1.165) is 16.9 Å². The van der Waals surface area contributed by atoms with Gasteiger partial charge >= 0.3 is 0 Å². The predicted octanol–water partition coefficient (Wildman–Crippen LogP) is 2.70. The van der Waals surface area contributed by atoms with Crippen LogP contribution < -0.4 is 5.32 Å². The van der Waals surface area contributed by atoms with Gasteiger partial charge in [-0.2, -0.15) is 5.10 Å². The number of carbonyl (C=O) groups excluding carboxylic acids is 1. The quantitative estimate of drug-likeness (QED) is 0.945. The van der Waals surface area contributed by atoms with Crippen molar-refractivity contribution < 1.29 is 4.79 Å². The summed E-state index contributed by atoms with van der Waals surface area (Å²) < 4.78 is 1.82. The molecule has 0 aliphatic heterocycles. The van der Waals surface area contributed by atoms with Gasteiger partial charge in [0.25, 0.3) is 5.91 Å². The first kappa shape index (κ1) is 15.4. The third kappa shape index (κ3) is 3.36. The molecule has 6 heteroatoms. The molecule has 5 nitrogen and oxygen atoms in total. The van der Waals surface area contributed by atoms with Crippen molar-refractivity contribution in [2.45, 2.75) is 13.5 Å². The van der Waals surface area contributed by atoms with Gasteiger partial charge in [-0.25, -0.2) is 0 Å². The van der Waals surface area contributed by atoms with Crippen LogP contribution in [0.4, 0.5) is 5.69 Å². The Hall–Kier alpha value is -2.01. The van der Waals surface area contributed by atoms with Crippen molar-refractivity contribution >= 4 is 23.2 Å². The first-order chi connectivity index (χ1) is 9.90. The Kier molecular flexibility index (Phi) is 4.53. The molecular formula is C15H19ClN4O. The number of aryl methyl sites for hydroxylation is 1. The summed E-state index contributed by atoms with van der Waals surface area (Å²) in [5, 5.41) is 8.05. The lowest BCUT2D eigenvalue weighted by Crippen LogP contribution is -2.21. The monoisotopic (exact) mass is 306 g/mol. The second-order valence-corrected chi connectivity index (χ2v) is 5.53. The van der Waals surface area contributed by atoms with Gasteiger partial charge in [-0.05, 0) is 25.1 Å².